The van der Waals surface area contributed by atoms with E-state index in [1.54, 1.807) is 12.1 Å². The van der Waals surface area contributed by atoms with E-state index in [4.69, 9.17) is 10.7 Å². The second-order valence-corrected chi connectivity index (χ2v) is 8.60. The van der Waals surface area contributed by atoms with Crippen LogP contribution in [0.3, 0.4) is 0 Å². The van der Waals surface area contributed by atoms with Crippen molar-refractivity contribution in [2.75, 3.05) is 6.54 Å². The van der Waals surface area contributed by atoms with Gasteiger partial charge < -0.3 is 4.90 Å². The molecule has 0 saturated heterocycles. The number of carbonyl (C=O) groups excluding carboxylic acids is 1. The second kappa shape index (κ2) is 5.29. The summed E-state index contributed by atoms with van der Waals surface area (Å²) in [6, 6.07) is 4.98. The van der Waals surface area contributed by atoms with Gasteiger partial charge in [-0.1, -0.05) is 11.6 Å². The van der Waals surface area contributed by atoms with Crippen molar-refractivity contribution in [3.8, 4) is 0 Å². The molecule has 1 amide bonds. The Morgan fingerprint density at radius 2 is 1.95 bits per heavy atom. The highest BCUT2D eigenvalue weighted by atomic mass is 35.7. The van der Waals surface area contributed by atoms with Crippen LogP contribution in [0.4, 0.5) is 0 Å². The van der Waals surface area contributed by atoms with Gasteiger partial charge in [0.1, 0.15) is 0 Å². The number of nitrogens with zero attached hydrogens (tertiary/aromatic N) is 1. The standard InChI is InChI=1S/C15H18ClNO3S/c1-10-2-7-14(21(16,19)20)13(8-10)15(18)17(12-5-6-12)9-11-3-4-11/h2,7-8,11-12H,3-6,9H2,1H3. The number of rotatable bonds is 5. The highest BCUT2D eigenvalue weighted by Gasteiger charge is 2.38. The molecular weight excluding hydrogens is 310 g/mol. The van der Waals surface area contributed by atoms with E-state index >= 15 is 0 Å². The fraction of sp³-hybridized carbons (Fsp3) is 0.533. The smallest absolute Gasteiger partial charge is 0.262 e. The molecule has 0 atom stereocenters. The van der Waals surface area contributed by atoms with E-state index in [0.29, 0.717) is 5.92 Å². The third-order valence-electron chi connectivity index (χ3n) is 4.03. The van der Waals surface area contributed by atoms with Crippen LogP contribution in [0.2, 0.25) is 0 Å². The van der Waals surface area contributed by atoms with Crippen molar-refractivity contribution in [3.63, 3.8) is 0 Å². The molecule has 4 nitrogen and oxygen atoms in total. The third-order valence-corrected chi connectivity index (χ3v) is 5.41. The molecular formula is C15H18ClNO3S. The first-order chi connectivity index (χ1) is 9.86. The van der Waals surface area contributed by atoms with Gasteiger partial charge >= 0.3 is 0 Å². The molecule has 0 aliphatic heterocycles. The van der Waals surface area contributed by atoms with E-state index in [0.717, 1.165) is 37.8 Å². The van der Waals surface area contributed by atoms with Gasteiger partial charge in [-0.25, -0.2) is 8.42 Å². The minimum absolute atomic E-state index is 0.0822. The van der Waals surface area contributed by atoms with Gasteiger partial charge in [0.25, 0.3) is 15.0 Å². The molecule has 0 N–H and O–H groups in total. The molecule has 6 heteroatoms. The van der Waals surface area contributed by atoms with Gasteiger partial charge in [-0.2, -0.15) is 0 Å². The molecule has 0 radical (unpaired) electrons. The van der Waals surface area contributed by atoms with Crippen molar-refractivity contribution in [2.45, 2.75) is 43.5 Å². The third kappa shape index (κ3) is 3.40. The molecule has 3 rings (SSSR count). The van der Waals surface area contributed by atoms with Crippen LogP contribution in [0.1, 0.15) is 41.6 Å². The maximum Gasteiger partial charge on any atom is 0.262 e. The van der Waals surface area contributed by atoms with Crippen LogP contribution < -0.4 is 0 Å². The molecule has 0 unspecified atom stereocenters. The highest BCUT2D eigenvalue weighted by Crippen LogP contribution is 2.36. The van der Waals surface area contributed by atoms with Crippen LogP contribution in [0.5, 0.6) is 0 Å². The molecule has 1 aromatic rings. The maximum absolute atomic E-state index is 12.8. The van der Waals surface area contributed by atoms with E-state index in [1.807, 2.05) is 11.8 Å². The first kappa shape index (κ1) is 14.9. The Balaban J connectivity index is 1.97. The lowest BCUT2D eigenvalue weighted by atomic mass is 10.1. The van der Waals surface area contributed by atoms with Crippen LogP contribution in [-0.4, -0.2) is 31.8 Å². The van der Waals surface area contributed by atoms with Crippen molar-refractivity contribution in [1.29, 1.82) is 0 Å². The van der Waals surface area contributed by atoms with Crippen molar-refractivity contribution in [3.05, 3.63) is 29.3 Å². The van der Waals surface area contributed by atoms with Crippen LogP contribution >= 0.6 is 10.7 Å². The second-order valence-electron chi connectivity index (χ2n) is 6.07. The minimum Gasteiger partial charge on any atom is -0.335 e. The number of halogens is 1. The first-order valence-electron chi connectivity index (χ1n) is 7.22. The Bertz CT molecular complexity index is 678. The monoisotopic (exact) mass is 327 g/mol. The molecule has 0 spiro atoms. The zero-order valence-electron chi connectivity index (χ0n) is 11.9. The van der Waals surface area contributed by atoms with Crippen molar-refractivity contribution in [2.24, 2.45) is 5.92 Å². The fourth-order valence-corrected chi connectivity index (χ4v) is 3.58. The van der Waals surface area contributed by atoms with Crippen LogP contribution in [-0.2, 0) is 9.05 Å². The topological polar surface area (TPSA) is 54.5 Å². The van der Waals surface area contributed by atoms with Gasteiger partial charge in [0.2, 0.25) is 0 Å². The minimum atomic E-state index is -3.92. The number of hydrogen-bond donors (Lipinski definition) is 0. The number of benzene rings is 1. The van der Waals surface area contributed by atoms with Crippen LogP contribution in [0.15, 0.2) is 23.1 Å². The SMILES string of the molecule is Cc1ccc(S(=O)(=O)Cl)c(C(=O)N(CC2CC2)C2CC2)c1. The van der Waals surface area contributed by atoms with E-state index in [1.165, 1.54) is 6.07 Å². The molecule has 0 heterocycles. The molecule has 0 aromatic heterocycles. The van der Waals surface area contributed by atoms with Crippen molar-refractivity contribution < 1.29 is 13.2 Å². The lowest BCUT2D eigenvalue weighted by molar-refractivity contribution is 0.0731. The fourth-order valence-electron chi connectivity index (χ4n) is 2.54. The van der Waals surface area contributed by atoms with E-state index in [9.17, 15) is 13.2 Å². The van der Waals surface area contributed by atoms with Crippen molar-refractivity contribution >= 4 is 25.6 Å². The van der Waals surface area contributed by atoms with E-state index in [-0.39, 0.29) is 22.4 Å². The molecule has 1 aromatic carbocycles. The summed E-state index contributed by atoms with van der Waals surface area (Å²) in [5.41, 5.74) is 1.06. The van der Waals surface area contributed by atoms with Gasteiger partial charge in [0.15, 0.2) is 0 Å². The Morgan fingerprint density at radius 1 is 1.29 bits per heavy atom. The summed E-state index contributed by atoms with van der Waals surface area (Å²) in [6.07, 6.45) is 4.33. The molecule has 2 fully saturated rings. The summed E-state index contributed by atoms with van der Waals surface area (Å²) >= 11 is 0. The number of amides is 1. The summed E-state index contributed by atoms with van der Waals surface area (Å²) in [5, 5.41) is 0. The van der Waals surface area contributed by atoms with Crippen molar-refractivity contribution in [1.82, 2.24) is 4.90 Å². The Labute approximate surface area is 129 Å². The summed E-state index contributed by atoms with van der Waals surface area (Å²) in [5.74, 6) is 0.378. The Kier molecular flexibility index (Phi) is 3.74. The van der Waals surface area contributed by atoms with Crippen LogP contribution in [0.25, 0.3) is 0 Å². The van der Waals surface area contributed by atoms with Gasteiger partial charge in [-0.3, -0.25) is 4.79 Å². The molecule has 114 valence electrons. The van der Waals surface area contributed by atoms with Gasteiger partial charge in [0, 0.05) is 23.3 Å². The quantitative estimate of drug-likeness (QED) is 0.781. The predicted molar refractivity (Wildman–Crippen MR) is 81.0 cm³/mol. The Hall–Kier alpha value is -1.07. The molecule has 21 heavy (non-hydrogen) atoms. The summed E-state index contributed by atoms with van der Waals surface area (Å²) < 4.78 is 23.4. The molecule has 0 bridgehead atoms. The van der Waals surface area contributed by atoms with E-state index in [2.05, 4.69) is 0 Å². The maximum atomic E-state index is 12.8. The average molecular weight is 328 g/mol. The van der Waals surface area contributed by atoms with Crippen LogP contribution in [0, 0.1) is 12.8 Å². The lowest BCUT2D eigenvalue weighted by Gasteiger charge is -2.23. The zero-order valence-corrected chi connectivity index (χ0v) is 13.5. The van der Waals surface area contributed by atoms with Gasteiger partial charge in [-0.15, -0.1) is 0 Å². The Morgan fingerprint density at radius 3 is 2.48 bits per heavy atom. The first-order valence-corrected chi connectivity index (χ1v) is 9.53. The van der Waals surface area contributed by atoms with E-state index < -0.39 is 9.05 Å². The predicted octanol–water partition coefficient (Wildman–Crippen LogP) is 2.94. The number of carbonyl (C=O) groups is 1. The number of hydrogen-bond acceptors (Lipinski definition) is 3. The van der Waals surface area contributed by atoms with Gasteiger partial charge in [0.05, 0.1) is 10.5 Å². The molecule has 2 saturated carbocycles. The molecule has 2 aliphatic carbocycles. The number of aryl methyl sites for hydroxylation is 1. The largest absolute Gasteiger partial charge is 0.335 e. The van der Waals surface area contributed by atoms with Gasteiger partial charge in [-0.05, 0) is 50.7 Å². The zero-order chi connectivity index (χ0) is 15.2. The lowest BCUT2D eigenvalue weighted by Crippen LogP contribution is -2.35. The molecule has 2 aliphatic rings. The normalized spacial score (nSPS) is 18.6. The summed E-state index contributed by atoms with van der Waals surface area (Å²) in [7, 11) is 1.56. The highest BCUT2D eigenvalue weighted by molar-refractivity contribution is 8.13. The average Bonchev–Trinajstić information content (AvgIpc) is 3.25. The summed E-state index contributed by atoms with van der Waals surface area (Å²) in [4.78, 5) is 14.6. The summed E-state index contributed by atoms with van der Waals surface area (Å²) in [6.45, 7) is 2.57.